The van der Waals surface area contributed by atoms with Crippen molar-refractivity contribution >= 4 is 5.69 Å². The van der Waals surface area contributed by atoms with E-state index in [0.717, 1.165) is 18.9 Å². The van der Waals surface area contributed by atoms with Crippen LogP contribution >= 0.6 is 0 Å². The average Bonchev–Trinajstić information content (AvgIpc) is 2.46. The Bertz CT molecular complexity index is 454. The molecule has 6 heteroatoms. The van der Waals surface area contributed by atoms with Gasteiger partial charge in [0.25, 0.3) is 0 Å². The molecule has 0 bridgehead atoms. The first kappa shape index (κ1) is 15.1. The predicted molar refractivity (Wildman–Crippen MR) is 69.4 cm³/mol. The van der Waals surface area contributed by atoms with Crippen LogP contribution in [0.4, 0.5) is 18.9 Å². The topological polar surface area (TPSA) is 43.7 Å². The molecule has 0 spiro atoms. The summed E-state index contributed by atoms with van der Waals surface area (Å²) in [5.74, 6) is 0.241. The van der Waals surface area contributed by atoms with Gasteiger partial charge in [0.15, 0.2) is 0 Å². The van der Waals surface area contributed by atoms with E-state index in [0.29, 0.717) is 18.8 Å². The van der Waals surface area contributed by atoms with E-state index in [1.54, 1.807) is 6.07 Å². The standard InChI is InChI=1S/C14H18F3NO2/c15-14(16,17)13-7-12(2-1-11(13)9-20)18-5-3-10(8-19)4-6-18/h1-2,7,10,19-20H,3-6,8-9H2. The maximum absolute atomic E-state index is 12.9. The normalized spacial score (nSPS) is 17.6. The summed E-state index contributed by atoms with van der Waals surface area (Å²) in [5, 5.41) is 18.1. The van der Waals surface area contributed by atoms with Gasteiger partial charge in [0.2, 0.25) is 0 Å². The lowest BCUT2D eigenvalue weighted by molar-refractivity contribution is -0.138. The molecule has 3 nitrogen and oxygen atoms in total. The second kappa shape index (κ2) is 6.01. The summed E-state index contributed by atoms with van der Waals surface area (Å²) in [7, 11) is 0. The van der Waals surface area contributed by atoms with Crippen LogP contribution in [0.5, 0.6) is 0 Å². The zero-order valence-electron chi connectivity index (χ0n) is 11.0. The molecule has 1 aromatic carbocycles. The molecule has 1 aliphatic heterocycles. The van der Waals surface area contributed by atoms with E-state index < -0.39 is 18.3 Å². The molecule has 0 aliphatic carbocycles. The van der Waals surface area contributed by atoms with Gasteiger partial charge in [-0.3, -0.25) is 0 Å². The third-order valence-corrected chi connectivity index (χ3v) is 3.81. The van der Waals surface area contributed by atoms with Gasteiger partial charge in [0.05, 0.1) is 12.2 Å². The predicted octanol–water partition coefficient (Wildman–Crippen LogP) is 2.41. The van der Waals surface area contributed by atoms with Crippen LogP contribution in [0.2, 0.25) is 0 Å². The summed E-state index contributed by atoms with van der Waals surface area (Å²) in [6.45, 7) is 0.787. The average molecular weight is 289 g/mol. The second-order valence-corrected chi connectivity index (χ2v) is 5.11. The van der Waals surface area contributed by atoms with Crippen LogP contribution in [0.3, 0.4) is 0 Å². The molecule has 0 radical (unpaired) electrons. The minimum atomic E-state index is -4.46. The SMILES string of the molecule is OCc1ccc(N2CCC(CO)CC2)cc1C(F)(F)F. The van der Waals surface area contributed by atoms with Crippen LogP contribution in [0, 0.1) is 5.92 Å². The monoisotopic (exact) mass is 289 g/mol. The van der Waals surface area contributed by atoms with E-state index >= 15 is 0 Å². The van der Waals surface area contributed by atoms with E-state index in [2.05, 4.69) is 0 Å². The molecular weight excluding hydrogens is 271 g/mol. The van der Waals surface area contributed by atoms with Gasteiger partial charge in [-0.1, -0.05) is 6.07 Å². The number of hydrogen-bond acceptors (Lipinski definition) is 3. The van der Waals surface area contributed by atoms with Crippen LogP contribution in [0.1, 0.15) is 24.0 Å². The lowest BCUT2D eigenvalue weighted by Crippen LogP contribution is -2.34. The fourth-order valence-electron chi connectivity index (χ4n) is 2.54. The molecule has 0 aromatic heterocycles. The molecule has 0 unspecified atom stereocenters. The van der Waals surface area contributed by atoms with E-state index in [1.165, 1.54) is 6.07 Å². The second-order valence-electron chi connectivity index (χ2n) is 5.11. The van der Waals surface area contributed by atoms with Gasteiger partial charge < -0.3 is 15.1 Å². The van der Waals surface area contributed by atoms with Gasteiger partial charge in [-0.15, -0.1) is 0 Å². The van der Waals surface area contributed by atoms with Gasteiger partial charge in [0, 0.05) is 25.4 Å². The first-order valence-electron chi connectivity index (χ1n) is 6.62. The number of aliphatic hydroxyl groups is 2. The Labute approximate surface area is 115 Å². The number of hydrogen-bond donors (Lipinski definition) is 2. The van der Waals surface area contributed by atoms with Crippen molar-refractivity contribution in [1.82, 2.24) is 0 Å². The zero-order valence-corrected chi connectivity index (χ0v) is 11.0. The molecule has 2 rings (SSSR count). The van der Waals surface area contributed by atoms with Crippen molar-refractivity contribution in [2.75, 3.05) is 24.6 Å². The minimum absolute atomic E-state index is 0.105. The van der Waals surface area contributed by atoms with Gasteiger partial charge >= 0.3 is 6.18 Å². The first-order chi connectivity index (χ1) is 9.45. The van der Waals surface area contributed by atoms with Crippen molar-refractivity contribution in [2.45, 2.75) is 25.6 Å². The Morgan fingerprint density at radius 2 is 1.80 bits per heavy atom. The van der Waals surface area contributed by atoms with Crippen molar-refractivity contribution < 1.29 is 23.4 Å². The van der Waals surface area contributed by atoms with E-state index in [4.69, 9.17) is 10.2 Å². The quantitative estimate of drug-likeness (QED) is 0.898. The lowest BCUT2D eigenvalue weighted by atomic mass is 9.97. The third-order valence-electron chi connectivity index (χ3n) is 3.81. The third kappa shape index (κ3) is 3.24. The lowest BCUT2D eigenvalue weighted by Gasteiger charge is -2.33. The molecule has 112 valence electrons. The van der Waals surface area contributed by atoms with E-state index in [-0.39, 0.29) is 18.1 Å². The summed E-state index contributed by atoms with van der Waals surface area (Å²) >= 11 is 0. The molecule has 1 aliphatic rings. The van der Waals surface area contributed by atoms with Crippen molar-refractivity contribution in [3.8, 4) is 0 Å². The highest BCUT2D eigenvalue weighted by Crippen LogP contribution is 2.35. The molecule has 1 aromatic rings. The maximum atomic E-state index is 12.9. The molecule has 0 amide bonds. The van der Waals surface area contributed by atoms with Crippen LogP contribution in [-0.2, 0) is 12.8 Å². The molecule has 0 atom stereocenters. The molecule has 20 heavy (non-hydrogen) atoms. The van der Waals surface area contributed by atoms with Gasteiger partial charge in [0.1, 0.15) is 0 Å². The van der Waals surface area contributed by atoms with Crippen molar-refractivity contribution in [3.63, 3.8) is 0 Å². The zero-order chi connectivity index (χ0) is 14.8. The molecule has 2 N–H and O–H groups in total. The van der Waals surface area contributed by atoms with Crippen molar-refractivity contribution in [2.24, 2.45) is 5.92 Å². The van der Waals surface area contributed by atoms with Crippen LogP contribution in [0.15, 0.2) is 18.2 Å². The fraction of sp³-hybridized carbons (Fsp3) is 0.571. The number of benzene rings is 1. The van der Waals surface area contributed by atoms with Gasteiger partial charge in [-0.25, -0.2) is 0 Å². The summed E-state index contributed by atoms with van der Waals surface area (Å²) in [6.07, 6.45) is -2.91. The minimum Gasteiger partial charge on any atom is -0.396 e. The van der Waals surface area contributed by atoms with Crippen LogP contribution in [0.25, 0.3) is 0 Å². The number of alkyl halides is 3. The summed E-state index contributed by atoms with van der Waals surface area (Å²) in [6, 6.07) is 4.04. The number of halogens is 3. The number of piperidine rings is 1. The largest absolute Gasteiger partial charge is 0.416 e. The summed E-state index contributed by atoms with van der Waals surface area (Å²) < 4.78 is 38.8. The maximum Gasteiger partial charge on any atom is 0.416 e. The van der Waals surface area contributed by atoms with Gasteiger partial charge in [-0.2, -0.15) is 13.2 Å². The van der Waals surface area contributed by atoms with E-state index in [1.807, 2.05) is 4.90 Å². The molecule has 1 heterocycles. The number of rotatable bonds is 3. The number of anilines is 1. The Hall–Kier alpha value is -1.27. The highest BCUT2D eigenvalue weighted by molar-refractivity contribution is 5.52. The molecular formula is C14H18F3NO2. The Morgan fingerprint density at radius 3 is 2.30 bits per heavy atom. The van der Waals surface area contributed by atoms with Crippen molar-refractivity contribution in [1.29, 1.82) is 0 Å². The Morgan fingerprint density at radius 1 is 1.15 bits per heavy atom. The molecule has 0 saturated carbocycles. The van der Waals surface area contributed by atoms with Gasteiger partial charge in [-0.05, 0) is 36.5 Å². The smallest absolute Gasteiger partial charge is 0.396 e. The Kier molecular flexibility index (Phi) is 4.55. The molecule has 1 saturated heterocycles. The van der Waals surface area contributed by atoms with E-state index in [9.17, 15) is 13.2 Å². The highest BCUT2D eigenvalue weighted by Gasteiger charge is 2.34. The Balaban J connectivity index is 2.21. The highest BCUT2D eigenvalue weighted by atomic mass is 19.4. The number of nitrogens with zero attached hydrogens (tertiary/aromatic N) is 1. The number of aliphatic hydroxyl groups excluding tert-OH is 2. The van der Waals surface area contributed by atoms with Crippen molar-refractivity contribution in [3.05, 3.63) is 29.3 Å². The fourth-order valence-corrected chi connectivity index (χ4v) is 2.54. The van der Waals surface area contributed by atoms with Crippen LogP contribution in [-0.4, -0.2) is 29.9 Å². The first-order valence-corrected chi connectivity index (χ1v) is 6.62. The summed E-state index contributed by atoms with van der Waals surface area (Å²) in [4.78, 5) is 1.89. The van der Waals surface area contributed by atoms with Crippen LogP contribution < -0.4 is 4.90 Å². The molecule has 1 fully saturated rings. The summed E-state index contributed by atoms with van der Waals surface area (Å²) in [5.41, 5.74) is -0.362.